The molecule has 0 N–H and O–H groups in total. The van der Waals surface area contributed by atoms with Crippen LogP contribution in [0.3, 0.4) is 0 Å². The Balaban J connectivity index is 1.65. The number of nitro benzene ring substituents is 1. The average molecular weight is 543 g/mol. The van der Waals surface area contributed by atoms with Gasteiger partial charge in [0.25, 0.3) is 5.69 Å². The molecular formula is C28H25F3N2O4S. The van der Waals surface area contributed by atoms with Gasteiger partial charge in [0.1, 0.15) is 0 Å². The SMILES string of the molecule is CC(c1cccc2ccccc12)N(CCCc1ccc(C(F)(F)F)cc1)S(=O)(=O)c1ccc([N+](=O)[O-])cc1. The number of non-ortho nitro benzene ring substituents is 1. The number of sulfonamides is 1. The number of aryl methyl sites for hydroxylation is 1. The summed E-state index contributed by atoms with van der Waals surface area (Å²) in [6.07, 6.45) is -3.71. The van der Waals surface area contributed by atoms with E-state index in [1.807, 2.05) is 42.5 Å². The molecule has 0 amide bonds. The Bertz CT molecular complexity index is 1530. The van der Waals surface area contributed by atoms with Gasteiger partial charge in [-0.2, -0.15) is 17.5 Å². The van der Waals surface area contributed by atoms with Crippen LogP contribution in [0.1, 0.15) is 36.1 Å². The zero-order valence-electron chi connectivity index (χ0n) is 20.4. The van der Waals surface area contributed by atoms with Crippen molar-refractivity contribution in [3.8, 4) is 0 Å². The lowest BCUT2D eigenvalue weighted by atomic mass is 9.99. The summed E-state index contributed by atoms with van der Waals surface area (Å²) in [5.41, 5.74) is 0.486. The van der Waals surface area contributed by atoms with Gasteiger partial charge in [0.15, 0.2) is 0 Å². The second-order valence-electron chi connectivity index (χ2n) is 8.91. The predicted molar refractivity (Wildman–Crippen MR) is 139 cm³/mol. The fraction of sp³-hybridized carbons (Fsp3) is 0.214. The minimum absolute atomic E-state index is 0.0790. The zero-order valence-corrected chi connectivity index (χ0v) is 21.2. The van der Waals surface area contributed by atoms with Crippen molar-refractivity contribution in [3.63, 3.8) is 0 Å². The monoisotopic (exact) mass is 542 g/mol. The lowest BCUT2D eigenvalue weighted by Crippen LogP contribution is -2.35. The lowest BCUT2D eigenvalue weighted by molar-refractivity contribution is -0.384. The smallest absolute Gasteiger partial charge is 0.258 e. The number of nitro groups is 1. The van der Waals surface area contributed by atoms with E-state index in [1.165, 1.54) is 28.6 Å². The molecule has 1 atom stereocenters. The van der Waals surface area contributed by atoms with E-state index < -0.39 is 32.7 Å². The summed E-state index contributed by atoms with van der Waals surface area (Å²) in [5.74, 6) is 0. The van der Waals surface area contributed by atoms with E-state index in [0.29, 0.717) is 18.4 Å². The molecule has 6 nitrogen and oxygen atoms in total. The van der Waals surface area contributed by atoms with Crippen LogP contribution in [0.5, 0.6) is 0 Å². The van der Waals surface area contributed by atoms with Crippen molar-refractivity contribution in [1.82, 2.24) is 4.31 Å². The molecule has 10 heteroatoms. The number of nitrogens with zero attached hydrogens (tertiary/aromatic N) is 2. The zero-order chi connectivity index (χ0) is 27.5. The first-order valence-electron chi connectivity index (χ1n) is 11.9. The molecule has 0 aliphatic rings. The van der Waals surface area contributed by atoms with Crippen molar-refractivity contribution in [2.75, 3.05) is 6.54 Å². The number of fused-ring (bicyclic) bond motifs is 1. The molecule has 0 aliphatic carbocycles. The Labute approximate surface area is 218 Å². The van der Waals surface area contributed by atoms with Gasteiger partial charge in [-0.05, 0) is 65.9 Å². The van der Waals surface area contributed by atoms with Crippen LogP contribution in [0.15, 0.2) is 95.9 Å². The van der Waals surface area contributed by atoms with E-state index in [9.17, 15) is 31.7 Å². The maximum Gasteiger partial charge on any atom is 0.416 e. The molecule has 0 spiro atoms. The summed E-state index contributed by atoms with van der Waals surface area (Å²) in [6.45, 7) is 1.87. The maximum absolute atomic E-state index is 13.8. The van der Waals surface area contributed by atoms with Gasteiger partial charge in [-0.25, -0.2) is 8.42 Å². The van der Waals surface area contributed by atoms with Crippen LogP contribution in [-0.4, -0.2) is 24.2 Å². The number of halogens is 3. The van der Waals surface area contributed by atoms with Crippen molar-refractivity contribution < 1.29 is 26.5 Å². The number of benzene rings is 4. The van der Waals surface area contributed by atoms with Crippen LogP contribution in [-0.2, 0) is 22.6 Å². The van der Waals surface area contributed by atoms with Crippen LogP contribution in [0.25, 0.3) is 10.8 Å². The van der Waals surface area contributed by atoms with E-state index in [0.717, 1.165) is 40.6 Å². The van der Waals surface area contributed by atoms with Gasteiger partial charge in [0, 0.05) is 24.7 Å². The van der Waals surface area contributed by atoms with Crippen molar-refractivity contribution in [2.45, 2.75) is 36.9 Å². The first-order valence-corrected chi connectivity index (χ1v) is 13.3. The van der Waals surface area contributed by atoms with Crippen LogP contribution >= 0.6 is 0 Å². The molecular weight excluding hydrogens is 517 g/mol. The molecule has 0 bridgehead atoms. The van der Waals surface area contributed by atoms with Gasteiger partial charge in [0.2, 0.25) is 10.0 Å². The normalized spacial score (nSPS) is 13.1. The topological polar surface area (TPSA) is 80.5 Å². The Kier molecular flexibility index (Phi) is 7.84. The van der Waals surface area contributed by atoms with Gasteiger partial charge >= 0.3 is 6.18 Å². The number of hydrogen-bond acceptors (Lipinski definition) is 4. The second kappa shape index (κ2) is 10.9. The summed E-state index contributed by atoms with van der Waals surface area (Å²) in [6, 6.07) is 22.2. The summed E-state index contributed by atoms with van der Waals surface area (Å²) in [7, 11) is -4.08. The predicted octanol–water partition coefficient (Wildman–Crippen LogP) is 7.15. The number of alkyl halides is 3. The highest BCUT2D eigenvalue weighted by Crippen LogP contribution is 2.33. The van der Waals surface area contributed by atoms with Crippen molar-refractivity contribution in [2.24, 2.45) is 0 Å². The number of rotatable bonds is 9. The molecule has 0 aliphatic heterocycles. The summed E-state index contributed by atoms with van der Waals surface area (Å²) >= 11 is 0. The van der Waals surface area contributed by atoms with Crippen molar-refractivity contribution in [3.05, 3.63) is 118 Å². The summed E-state index contributed by atoms with van der Waals surface area (Å²) in [4.78, 5) is 10.4. The fourth-order valence-corrected chi connectivity index (χ4v) is 6.12. The molecule has 198 valence electrons. The molecule has 0 saturated heterocycles. The molecule has 0 aromatic heterocycles. The molecule has 0 radical (unpaired) electrons. The lowest BCUT2D eigenvalue weighted by Gasteiger charge is -2.29. The van der Waals surface area contributed by atoms with Crippen LogP contribution in [0, 0.1) is 10.1 Å². The summed E-state index contributed by atoms with van der Waals surface area (Å²) in [5, 5.41) is 12.9. The quantitative estimate of drug-likeness (QED) is 0.166. The third-order valence-corrected chi connectivity index (χ3v) is 8.47. The van der Waals surface area contributed by atoms with Crippen molar-refractivity contribution >= 4 is 26.5 Å². The molecule has 4 rings (SSSR count). The largest absolute Gasteiger partial charge is 0.416 e. The third kappa shape index (κ3) is 5.87. The fourth-order valence-electron chi connectivity index (χ4n) is 4.47. The highest BCUT2D eigenvalue weighted by atomic mass is 32.2. The average Bonchev–Trinajstić information content (AvgIpc) is 2.90. The van der Waals surface area contributed by atoms with Crippen LogP contribution in [0.2, 0.25) is 0 Å². The highest BCUT2D eigenvalue weighted by Gasteiger charge is 2.32. The van der Waals surface area contributed by atoms with Gasteiger partial charge in [-0.3, -0.25) is 10.1 Å². The van der Waals surface area contributed by atoms with E-state index in [1.54, 1.807) is 6.92 Å². The van der Waals surface area contributed by atoms with Crippen LogP contribution in [0.4, 0.5) is 18.9 Å². The minimum atomic E-state index is -4.43. The van der Waals surface area contributed by atoms with E-state index in [2.05, 4.69) is 0 Å². The molecule has 38 heavy (non-hydrogen) atoms. The van der Waals surface area contributed by atoms with Gasteiger partial charge in [-0.1, -0.05) is 54.6 Å². The molecule has 1 unspecified atom stereocenters. The van der Waals surface area contributed by atoms with E-state index in [-0.39, 0.29) is 17.1 Å². The Morgan fingerprint density at radius 1 is 0.895 bits per heavy atom. The number of hydrogen-bond donors (Lipinski definition) is 0. The molecule has 4 aromatic carbocycles. The van der Waals surface area contributed by atoms with Crippen LogP contribution < -0.4 is 0 Å². The Hall–Kier alpha value is -3.76. The standard InChI is InChI=1S/C28H25F3N2O4S/c1-20(26-10-4-8-22-7-2-3-9-27(22)26)32(38(36,37)25-17-15-24(16-18-25)33(34)35)19-5-6-21-11-13-23(14-12-21)28(29,30)31/h2-4,7-18,20H,5-6,19H2,1H3. The van der Waals surface area contributed by atoms with Crippen molar-refractivity contribution in [1.29, 1.82) is 0 Å². The van der Waals surface area contributed by atoms with E-state index in [4.69, 9.17) is 0 Å². The van der Waals surface area contributed by atoms with Gasteiger partial charge < -0.3 is 0 Å². The van der Waals surface area contributed by atoms with E-state index >= 15 is 0 Å². The Morgan fingerprint density at radius 3 is 2.16 bits per heavy atom. The minimum Gasteiger partial charge on any atom is -0.258 e. The molecule has 0 saturated carbocycles. The summed E-state index contributed by atoms with van der Waals surface area (Å²) < 4.78 is 67.6. The molecule has 4 aromatic rings. The third-order valence-electron chi connectivity index (χ3n) is 6.48. The van der Waals surface area contributed by atoms with Gasteiger partial charge in [0.05, 0.1) is 15.4 Å². The maximum atomic E-state index is 13.8. The first kappa shape index (κ1) is 27.3. The molecule has 0 heterocycles. The highest BCUT2D eigenvalue weighted by molar-refractivity contribution is 7.89. The van der Waals surface area contributed by atoms with Gasteiger partial charge in [-0.15, -0.1) is 0 Å². The first-order chi connectivity index (χ1) is 18.0. The second-order valence-corrected chi connectivity index (χ2v) is 10.8. The molecule has 0 fully saturated rings. The Morgan fingerprint density at radius 2 is 1.53 bits per heavy atom.